The molecule has 0 saturated heterocycles. The van der Waals surface area contributed by atoms with Crippen molar-refractivity contribution < 1.29 is 33.4 Å². The van der Waals surface area contributed by atoms with Gasteiger partial charge in [-0.05, 0) is 51.3 Å². The number of benzene rings is 2. The van der Waals surface area contributed by atoms with E-state index in [1.807, 2.05) is 42.5 Å². The number of hydrogen-bond acceptors (Lipinski definition) is 7. The highest BCUT2D eigenvalue weighted by Crippen LogP contribution is 2.37. The molecule has 3 rings (SSSR count). The molecular formula is C29H33NO7. The maximum absolute atomic E-state index is 13.1. The lowest BCUT2D eigenvalue weighted by Crippen LogP contribution is -2.49. The Hall–Kier alpha value is -3.94. The molecular weight excluding hydrogens is 474 g/mol. The van der Waals surface area contributed by atoms with Crippen molar-refractivity contribution in [3.05, 3.63) is 72.3 Å². The van der Waals surface area contributed by atoms with E-state index < -0.39 is 47.4 Å². The highest BCUT2D eigenvalue weighted by atomic mass is 16.6. The Morgan fingerprint density at radius 3 is 1.92 bits per heavy atom. The fourth-order valence-electron chi connectivity index (χ4n) is 4.27. The summed E-state index contributed by atoms with van der Waals surface area (Å²) < 4.78 is 16.0. The van der Waals surface area contributed by atoms with Crippen molar-refractivity contribution in [2.75, 3.05) is 13.2 Å². The molecule has 196 valence electrons. The van der Waals surface area contributed by atoms with Gasteiger partial charge in [0.15, 0.2) is 5.92 Å². The van der Waals surface area contributed by atoms with Crippen molar-refractivity contribution in [1.29, 1.82) is 0 Å². The normalized spacial score (nSPS) is 16.0. The van der Waals surface area contributed by atoms with Crippen LogP contribution >= 0.6 is 0 Å². The molecule has 37 heavy (non-hydrogen) atoms. The monoisotopic (exact) mass is 507 g/mol. The summed E-state index contributed by atoms with van der Waals surface area (Å²) in [5, 5.41) is 0. The fourth-order valence-corrected chi connectivity index (χ4v) is 4.27. The quantitative estimate of drug-likeness (QED) is 0.285. The first-order chi connectivity index (χ1) is 17.6. The highest BCUT2D eigenvalue weighted by Gasteiger charge is 2.48. The first-order valence-electron chi connectivity index (χ1n) is 12.3. The summed E-state index contributed by atoms with van der Waals surface area (Å²) in [4.78, 5) is 53.1. The van der Waals surface area contributed by atoms with E-state index in [0.717, 1.165) is 16.0 Å². The minimum atomic E-state index is -1.42. The molecule has 0 radical (unpaired) electrons. The molecule has 0 unspecified atom stereocenters. The van der Waals surface area contributed by atoms with E-state index in [1.54, 1.807) is 46.8 Å². The smallest absolute Gasteiger partial charge is 0.417 e. The number of carbonyl (C=O) groups is 4. The second-order valence-corrected chi connectivity index (χ2v) is 9.53. The number of ether oxygens (including phenoxy) is 3. The fraction of sp³-hybridized carbons (Fsp3) is 0.379. The number of imide groups is 1. The van der Waals surface area contributed by atoms with E-state index in [-0.39, 0.29) is 13.2 Å². The molecule has 0 fully saturated rings. The van der Waals surface area contributed by atoms with E-state index in [9.17, 15) is 19.2 Å². The molecule has 0 aromatic heterocycles. The third-order valence-corrected chi connectivity index (χ3v) is 5.77. The van der Waals surface area contributed by atoms with E-state index in [1.165, 1.54) is 12.2 Å². The predicted molar refractivity (Wildman–Crippen MR) is 137 cm³/mol. The highest BCUT2D eigenvalue weighted by molar-refractivity contribution is 6.02. The van der Waals surface area contributed by atoms with Crippen LogP contribution in [0.15, 0.2) is 66.7 Å². The third kappa shape index (κ3) is 6.64. The maximum Gasteiger partial charge on any atom is 0.417 e. The first kappa shape index (κ1) is 27.6. The number of carbonyl (C=O) groups excluding carboxylic acids is 4. The molecule has 8 heteroatoms. The minimum Gasteiger partial charge on any atom is -0.465 e. The van der Waals surface area contributed by atoms with Gasteiger partial charge < -0.3 is 14.2 Å². The van der Waals surface area contributed by atoms with Crippen LogP contribution in [0.1, 0.15) is 46.1 Å². The van der Waals surface area contributed by atoms with Crippen LogP contribution in [0, 0.1) is 5.92 Å². The molecule has 2 amide bonds. The molecule has 1 heterocycles. The average molecular weight is 508 g/mol. The Bertz CT molecular complexity index is 1130. The number of esters is 2. The molecule has 8 nitrogen and oxygen atoms in total. The molecule has 0 N–H and O–H groups in total. The van der Waals surface area contributed by atoms with Gasteiger partial charge in [0.05, 0.1) is 19.3 Å². The van der Waals surface area contributed by atoms with Gasteiger partial charge in [-0.15, -0.1) is 0 Å². The van der Waals surface area contributed by atoms with Crippen molar-refractivity contribution in [3.8, 4) is 11.1 Å². The van der Waals surface area contributed by atoms with Gasteiger partial charge in [-0.25, -0.2) is 9.69 Å². The van der Waals surface area contributed by atoms with E-state index in [0.29, 0.717) is 5.56 Å². The summed E-state index contributed by atoms with van der Waals surface area (Å²) in [5.74, 6) is -4.59. The van der Waals surface area contributed by atoms with Crippen molar-refractivity contribution >= 4 is 23.9 Å². The summed E-state index contributed by atoms with van der Waals surface area (Å²) in [5.41, 5.74) is 1.61. The van der Waals surface area contributed by atoms with Crippen molar-refractivity contribution in [3.63, 3.8) is 0 Å². The lowest BCUT2D eigenvalue weighted by atomic mass is 9.79. The van der Waals surface area contributed by atoms with Gasteiger partial charge in [0.1, 0.15) is 5.60 Å². The summed E-state index contributed by atoms with van der Waals surface area (Å²) in [6.45, 7) is 8.42. The second kappa shape index (κ2) is 11.9. The van der Waals surface area contributed by atoms with E-state index in [4.69, 9.17) is 14.2 Å². The number of nitrogens with zero attached hydrogens (tertiary/aromatic N) is 1. The van der Waals surface area contributed by atoms with Crippen LogP contribution in [0.5, 0.6) is 0 Å². The molecule has 1 aliphatic rings. The van der Waals surface area contributed by atoms with Crippen LogP contribution in [0.3, 0.4) is 0 Å². The second-order valence-electron chi connectivity index (χ2n) is 9.53. The Morgan fingerprint density at radius 1 is 0.865 bits per heavy atom. The molecule has 2 atom stereocenters. The Balaban J connectivity index is 2.12. The molecule has 0 spiro atoms. The Kier molecular flexibility index (Phi) is 8.86. The van der Waals surface area contributed by atoms with Gasteiger partial charge in [0.2, 0.25) is 0 Å². The van der Waals surface area contributed by atoms with Crippen LogP contribution in [0.25, 0.3) is 11.1 Å². The zero-order chi connectivity index (χ0) is 27.2. The van der Waals surface area contributed by atoms with Crippen LogP contribution in [-0.2, 0) is 28.6 Å². The SMILES string of the molecule is CCOC(=O)C(C(=O)OCC)[C@@H](c1ccc(-c2ccccc2)cc1)[C@@H]1C=CC(=O)N1C(=O)OC(C)(C)C. The zero-order valence-electron chi connectivity index (χ0n) is 21.8. The molecule has 2 aromatic rings. The third-order valence-electron chi connectivity index (χ3n) is 5.77. The lowest BCUT2D eigenvalue weighted by molar-refractivity contribution is -0.164. The molecule has 1 aliphatic heterocycles. The summed E-state index contributed by atoms with van der Waals surface area (Å²) in [6, 6.07) is 16.0. The van der Waals surface area contributed by atoms with Crippen molar-refractivity contribution in [1.82, 2.24) is 4.90 Å². The Morgan fingerprint density at radius 2 is 1.41 bits per heavy atom. The minimum absolute atomic E-state index is 0.0453. The number of rotatable bonds is 8. The largest absolute Gasteiger partial charge is 0.465 e. The van der Waals surface area contributed by atoms with Gasteiger partial charge in [-0.2, -0.15) is 0 Å². The molecule has 0 bridgehead atoms. The van der Waals surface area contributed by atoms with E-state index in [2.05, 4.69) is 0 Å². The number of amides is 2. The van der Waals surface area contributed by atoms with Crippen LogP contribution in [0.4, 0.5) is 4.79 Å². The summed E-state index contributed by atoms with van der Waals surface area (Å²) in [7, 11) is 0. The van der Waals surface area contributed by atoms with Gasteiger partial charge in [0.25, 0.3) is 5.91 Å². The molecule has 0 saturated carbocycles. The van der Waals surface area contributed by atoms with Gasteiger partial charge in [-0.1, -0.05) is 60.7 Å². The Labute approximate surface area is 217 Å². The van der Waals surface area contributed by atoms with Crippen LogP contribution in [-0.4, -0.2) is 53.7 Å². The van der Waals surface area contributed by atoms with Crippen molar-refractivity contribution in [2.45, 2.75) is 52.2 Å². The standard InChI is InChI=1S/C29H33NO7/c1-6-35-26(32)25(27(33)36-7-2)24(21-15-13-20(14-16-21)19-11-9-8-10-12-19)22-17-18-23(31)30(22)28(34)37-29(3,4)5/h8-18,22,24-25H,6-7H2,1-5H3/t22-,24-/m0/s1. The van der Waals surface area contributed by atoms with Crippen molar-refractivity contribution in [2.24, 2.45) is 5.92 Å². The molecule has 2 aromatic carbocycles. The molecule has 0 aliphatic carbocycles. The van der Waals surface area contributed by atoms with Crippen LogP contribution < -0.4 is 0 Å². The average Bonchev–Trinajstić information content (AvgIpc) is 3.23. The first-order valence-corrected chi connectivity index (χ1v) is 12.3. The summed E-state index contributed by atoms with van der Waals surface area (Å²) >= 11 is 0. The maximum atomic E-state index is 13.1. The number of hydrogen-bond donors (Lipinski definition) is 0. The predicted octanol–water partition coefficient (Wildman–Crippen LogP) is 4.88. The van der Waals surface area contributed by atoms with Gasteiger partial charge in [-0.3, -0.25) is 14.4 Å². The summed E-state index contributed by atoms with van der Waals surface area (Å²) in [6.07, 6.45) is 1.88. The van der Waals surface area contributed by atoms with Gasteiger partial charge >= 0.3 is 18.0 Å². The lowest BCUT2D eigenvalue weighted by Gasteiger charge is -2.34. The topological polar surface area (TPSA) is 99.2 Å². The zero-order valence-corrected chi connectivity index (χ0v) is 21.8. The van der Waals surface area contributed by atoms with Crippen LogP contribution in [0.2, 0.25) is 0 Å². The van der Waals surface area contributed by atoms with E-state index >= 15 is 0 Å². The van der Waals surface area contributed by atoms with Gasteiger partial charge in [0, 0.05) is 12.0 Å².